The number of halogens is 3. The van der Waals surface area contributed by atoms with E-state index in [-0.39, 0.29) is 5.82 Å². The molecular weight excluding hydrogens is 283 g/mol. The Balaban J connectivity index is 2.05. The van der Waals surface area contributed by atoms with Crippen molar-refractivity contribution in [2.75, 3.05) is 6.54 Å². The third-order valence-electron chi connectivity index (χ3n) is 2.64. The van der Waals surface area contributed by atoms with E-state index in [2.05, 4.69) is 26.6 Å². The van der Waals surface area contributed by atoms with E-state index in [0.29, 0.717) is 18.7 Å². The van der Waals surface area contributed by atoms with Gasteiger partial charge in [0.1, 0.15) is 0 Å². The van der Waals surface area contributed by atoms with Crippen molar-refractivity contribution < 1.29 is 17.7 Å². The molecule has 0 radical (unpaired) electrons. The molecule has 2 aromatic rings. The Morgan fingerprint density at radius 2 is 1.95 bits per heavy atom. The van der Waals surface area contributed by atoms with Gasteiger partial charge >= 0.3 is 12.1 Å². The molecule has 1 aromatic carbocycles. The fourth-order valence-electron chi connectivity index (χ4n) is 1.65. The van der Waals surface area contributed by atoms with Crippen LogP contribution in [0.3, 0.4) is 0 Å². The first-order chi connectivity index (χ1) is 9.86. The third-order valence-corrected chi connectivity index (χ3v) is 2.64. The maximum Gasteiger partial charge on any atom is 0.471 e. The molecule has 0 saturated heterocycles. The predicted molar refractivity (Wildman–Crippen MR) is 71.3 cm³/mol. The number of aromatic nitrogens is 2. The van der Waals surface area contributed by atoms with Gasteiger partial charge in [-0.1, -0.05) is 41.6 Å². The molecule has 7 heteroatoms. The Hall–Kier alpha value is -2.15. The summed E-state index contributed by atoms with van der Waals surface area (Å²) in [6.45, 7) is 7.06. The van der Waals surface area contributed by atoms with E-state index < -0.39 is 12.1 Å². The van der Waals surface area contributed by atoms with Crippen molar-refractivity contribution in [3.63, 3.8) is 0 Å². The Morgan fingerprint density at radius 3 is 2.48 bits per heavy atom. The molecule has 1 aromatic heterocycles. The molecule has 4 nitrogen and oxygen atoms in total. The zero-order valence-corrected chi connectivity index (χ0v) is 11.4. The zero-order chi connectivity index (χ0) is 15.5. The summed E-state index contributed by atoms with van der Waals surface area (Å²) in [6, 6.07) is 6.90. The molecule has 1 N–H and O–H groups in total. The van der Waals surface area contributed by atoms with Crippen LogP contribution < -0.4 is 5.32 Å². The molecule has 0 spiro atoms. The number of nitrogens with zero attached hydrogens (tertiary/aromatic N) is 2. The van der Waals surface area contributed by atoms with Crippen LogP contribution in [0.5, 0.6) is 0 Å². The quantitative estimate of drug-likeness (QED) is 0.859. The van der Waals surface area contributed by atoms with Crippen LogP contribution in [0.2, 0.25) is 0 Å². The minimum absolute atomic E-state index is 0.0798. The summed E-state index contributed by atoms with van der Waals surface area (Å²) < 4.78 is 41.3. The van der Waals surface area contributed by atoms with Gasteiger partial charge in [0.2, 0.25) is 5.82 Å². The first-order valence-corrected chi connectivity index (χ1v) is 6.21. The summed E-state index contributed by atoms with van der Waals surface area (Å²) >= 11 is 0. The Morgan fingerprint density at radius 1 is 1.29 bits per heavy atom. The summed E-state index contributed by atoms with van der Waals surface area (Å²) in [7, 11) is 0. The van der Waals surface area contributed by atoms with Gasteiger partial charge in [-0.05, 0) is 12.5 Å². The normalized spacial score (nSPS) is 11.6. The highest BCUT2D eigenvalue weighted by Gasteiger charge is 2.38. The highest BCUT2D eigenvalue weighted by Crippen LogP contribution is 2.29. The van der Waals surface area contributed by atoms with Crippen molar-refractivity contribution in [1.29, 1.82) is 0 Å². The second kappa shape index (κ2) is 6.09. The van der Waals surface area contributed by atoms with Crippen molar-refractivity contribution in [1.82, 2.24) is 15.5 Å². The van der Waals surface area contributed by atoms with Gasteiger partial charge in [-0.25, -0.2) is 0 Å². The largest absolute Gasteiger partial charge is 0.471 e. The van der Waals surface area contributed by atoms with Crippen LogP contribution in [-0.4, -0.2) is 16.7 Å². The molecule has 0 aliphatic carbocycles. The Kier molecular flexibility index (Phi) is 4.42. The molecule has 112 valence electrons. The lowest BCUT2D eigenvalue weighted by molar-refractivity contribution is -0.159. The van der Waals surface area contributed by atoms with E-state index in [1.165, 1.54) is 0 Å². The zero-order valence-electron chi connectivity index (χ0n) is 11.4. The van der Waals surface area contributed by atoms with Crippen molar-refractivity contribution in [2.24, 2.45) is 0 Å². The Bertz CT molecular complexity index is 617. The summed E-state index contributed by atoms with van der Waals surface area (Å²) in [5.41, 5.74) is 2.50. The van der Waals surface area contributed by atoms with Crippen LogP contribution in [0.25, 0.3) is 11.4 Å². The van der Waals surface area contributed by atoms with E-state index in [1.54, 1.807) is 24.3 Å². The number of hydrogen-bond donors (Lipinski definition) is 1. The molecule has 1 heterocycles. The maximum atomic E-state index is 12.4. The SMILES string of the molecule is C=C(C)CNCc1ccc(-c2noc(C(F)(F)F)n2)cc1. The highest BCUT2D eigenvalue weighted by atomic mass is 19.4. The van der Waals surface area contributed by atoms with Gasteiger partial charge in [-0.2, -0.15) is 18.2 Å². The van der Waals surface area contributed by atoms with Gasteiger partial charge in [0, 0.05) is 18.7 Å². The topological polar surface area (TPSA) is 51.0 Å². The number of hydrogen-bond acceptors (Lipinski definition) is 4. The van der Waals surface area contributed by atoms with Crippen LogP contribution in [0.15, 0.2) is 40.9 Å². The lowest BCUT2D eigenvalue weighted by Crippen LogP contribution is -2.14. The number of rotatable bonds is 5. The first kappa shape index (κ1) is 15.2. The van der Waals surface area contributed by atoms with E-state index in [9.17, 15) is 13.2 Å². The van der Waals surface area contributed by atoms with Gasteiger partial charge < -0.3 is 9.84 Å². The van der Waals surface area contributed by atoms with E-state index >= 15 is 0 Å². The van der Waals surface area contributed by atoms with Gasteiger partial charge in [-0.3, -0.25) is 0 Å². The van der Waals surface area contributed by atoms with Crippen molar-refractivity contribution in [3.05, 3.63) is 47.9 Å². The van der Waals surface area contributed by atoms with Crippen molar-refractivity contribution >= 4 is 0 Å². The highest BCUT2D eigenvalue weighted by molar-refractivity contribution is 5.54. The molecule has 0 fully saturated rings. The lowest BCUT2D eigenvalue weighted by Gasteiger charge is -2.04. The van der Waals surface area contributed by atoms with Crippen LogP contribution in [0.4, 0.5) is 13.2 Å². The van der Waals surface area contributed by atoms with E-state index in [1.807, 2.05) is 6.92 Å². The molecule has 0 amide bonds. The second-order valence-corrected chi connectivity index (χ2v) is 4.68. The number of benzene rings is 1. The summed E-state index contributed by atoms with van der Waals surface area (Å²) in [5, 5.41) is 6.52. The average molecular weight is 297 g/mol. The standard InChI is InChI=1S/C14H14F3N3O/c1-9(2)7-18-8-10-3-5-11(6-4-10)12-19-13(21-20-12)14(15,16)17/h3-6,18H,1,7-8H2,2H3. The molecule has 0 bridgehead atoms. The van der Waals surface area contributed by atoms with Gasteiger partial charge in [-0.15, -0.1) is 0 Å². The molecule has 0 aliphatic rings. The summed E-state index contributed by atoms with van der Waals surface area (Å²) in [6.07, 6.45) is -4.63. The Labute approximate surface area is 119 Å². The molecule has 0 aliphatic heterocycles. The molecule has 0 saturated carbocycles. The molecule has 0 atom stereocenters. The molecule has 21 heavy (non-hydrogen) atoms. The lowest BCUT2D eigenvalue weighted by atomic mass is 10.1. The fourth-order valence-corrected chi connectivity index (χ4v) is 1.65. The smallest absolute Gasteiger partial charge is 0.329 e. The van der Waals surface area contributed by atoms with Crippen LogP contribution in [0, 0.1) is 0 Å². The summed E-state index contributed by atoms with van der Waals surface area (Å²) in [5.74, 6) is -1.42. The van der Waals surface area contributed by atoms with E-state index in [4.69, 9.17) is 0 Å². The van der Waals surface area contributed by atoms with Gasteiger partial charge in [0.25, 0.3) is 0 Å². The van der Waals surface area contributed by atoms with Crippen LogP contribution in [-0.2, 0) is 12.7 Å². The minimum atomic E-state index is -4.63. The van der Waals surface area contributed by atoms with Crippen molar-refractivity contribution in [2.45, 2.75) is 19.6 Å². The van der Waals surface area contributed by atoms with Crippen LogP contribution >= 0.6 is 0 Å². The van der Waals surface area contributed by atoms with Crippen molar-refractivity contribution in [3.8, 4) is 11.4 Å². The second-order valence-electron chi connectivity index (χ2n) is 4.68. The predicted octanol–water partition coefficient (Wildman–Crippen LogP) is 3.42. The maximum absolute atomic E-state index is 12.4. The van der Waals surface area contributed by atoms with Crippen LogP contribution in [0.1, 0.15) is 18.4 Å². The van der Waals surface area contributed by atoms with Gasteiger partial charge in [0.15, 0.2) is 0 Å². The first-order valence-electron chi connectivity index (χ1n) is 6.21. The van der Waals surface area contributed by atoms with Gasteiger partial charge in [0.05, 0.1) is 0 Å². The number of alkyl halides is 3. The minimum Gasteiger partial charge on any atom is -0.329 e. The van der Waals surface area contributed by atoms with E-state index in [0.717, 1.165) is 11.1 Å². The average Bonchev–Trinajstić information content (AvgIpc) is 2.88. The third kappa shape index (κ3) is 4.16. The summed E-state index contributed by atoms with van der Waals surface area (Å²) in [4.78, 5) is 3.34. The number of nitrogens with one attached hydrogen (secondary N) is 1. The molecule has 0 unspecified atom stereocenters. The molecular formula is C14H14F3N3O. The monoisotopic (exact) mass is 297 g/mol. The molecule has 2 rings (SSSR count). The fraction of sp³-hybridized carbons (Fsp3) is 0.286.